The smallest absolute Gasteiger partial charge is 0.290 e. The average molecular weight is 337 g/mol. The van der Waals surface area contributed by atoms with Crippen LogP contribution in [0.1, 0.15) is 17.4 Å². The third-order valence-corrected chi connectivity index (χ3v) is 3.20. The largest absolute Gasteiger partial charge is 0.522 e. The highest BCUT2D eigenvalue weighted by Gasteiger charge is 2.28. The van der Waals surface area contributed by atoms with Gasteiger partial charge >= 0.3 is 12.1 Å². The normalized spacial score (nSPS) is 12.0. The molecule has 2 aromatic heterocycles. The molecule has 0 fully saturated rings. The number of carbonyl (C=O) groups excluding carboxylic acids is 1. The Morgan fingerprint density at radius 2 is 2.18 bits per heavy atom. The molecule has 2 rings (SSSR count). The number of halogens is 3. The Hall–Kier alpha value is -1.95. The summed E-state index contributed by atoms with van der Waals surface area (Å²) in [6, 6.07) is 0. The molecular formula is C10H10F3N5O3S. The average Bonchev–Trinajstić information content (AvgIpc) is 2.85. The van der Waals surface area contributed by atoms with E-state index in [0.29, 0.717) is 10.4 Å². The maximum atomic E-state index is 12.0. The van der Waals surface area contributed by atoms with Gasteiger partial charge in [0.1, 0.15) is 6.33 Å². The number of imidazole rings is 1. The first-order valence-electron chi connectivity index (χ1n) is 6.02. The van der Waals surface area contributed by atoms with Crippen LogP contribution in [-0.4, -0.2) is 48.2 Å². The zero-order valence-electron chi connectivity index (χ0n) is 11.2. The lowest BCUT2D eigenvalue weighted by molar-refractivity contribution is -0.325. The molecule has 120 valence electrons. The number of hydrogen-bond donors (Lipinski definition) is 0. The molecule has 0 saturated carbocycles. The van der Waals surface area contributed by atoms with E-state index in [2.05, 4.69) is 20.0 Å². The van der Waals surface area contributed by atoms with Crippen LogP contribution in [0.4, 0.5) is 13.2 Å². The monoisotopic (exact) mass is 337 g/mol. The topological polar surface area (TPSA) is 91.4 Å². The summed E-state index contributed by atoms with van der Waals surface area (Å²) in [5.74, 6) is 0.525. The van der Waals surface area contributed by atoms with Crippen LogP contribution >= 0.6 is 11.8 Å². The third-order valence-electron chi connectivity index (χ3n) is 2.45. The predicted octanol–water partition coefficient (Wildman–Crippen LogP) is 0.716. The molecule has 0 aromatic carbocycles. The number of rotatable bonds is 5. The summed E-state index contributed by atoms with van der Waals surface area (Å²) in [7, 11) is 0. The molecule has 0 saturated heterocycles. The Morgan fingerprint density at radius 1 is 1.45 bits per heavy atom. The van der Waals surface area contributed by atoms with Gasteiger partial charge in [-0.1, -0.05) is 23.9 Å². The molecule has 0 aliphatic carbocycles. The standard InChI is InChI=1S/C10H10F3N5O3S/c1-2-22-8(19)6-7-15-16-18(3-4-21-10(11,12)13)9(20)17(7)5-14-6/h5H,2-4H2,1H3. The second-order valence-corrected chi connectivity index (χ2v) is 5.13. The molecule has 0 amide bonds. The van der Waals surface area contributed by atoms with Crippen LogP contribution in [0.3, 0.4) is 0 Å². The van der Waals surface area contributed by atoms with E-state index in [-0.39, 0.29) is 16.5 Å². The van der Waals surface area contributed by atoms with Gasteiger partial charge in [-0.3, -0.25) is 9.53 Å². The summed E-state index contributed by atoms with van der Waals surface area (Å²) in [6.45, 7) is 0.558. The van der Waals surface area contributed by atoms with E-state index in [4.69, 9.17) is 0 Å². The molecule has 8 nitrogen and oxygen atoms in total. The maximum absolute atomic E-state index is 12.0. The van der Waals surface area contributed by atoms with Crippen LogP contribution in [-0.2, 0) is 11.3 Å². The molecule has 0 bridgehead atoms. The van der Waals surface area contributed by atoms with Crippen molar-refractivity contribution in [1.82, 2.24) is 24.4 Å². The van der Waals surface area contributed by atoms with Crippen molar-refractivity contribution in [2.75, 3.05) is 12.4 Å². The highest BCUT2D eigenvalue weighted by Crippen LogP contribution is 2.15. The van der Waals surface area contributed by atoms with E-state index in [1.807, 2.05) is 0 Å². The van der Waals surface area contributed by atoms with Gasteiger partial charge in [-0.25, -0.2) is 14.2 Å². The van der Waals surface area contributed by atoms with E-state index in [0.717, 1.165) is 22.5 Å². The van der Waals surface area contributed by atoms with Gasteiger partial charge in [-0.05, 0) is 5.75 Å². The van der Waals surface area contributed by atoms with Gasteiger partial charge < -0.3 is 0 Å². The summed E-state index contributed by atoms with van der Waals surface area (Å²) in [6.07, 6.45) is -3.70. The van der Waals surface area contributed by atoms with E-state index < -0.39 is 25.2 Å². The molecule has 0 N–H and O–H groups in total. The Morgan fingerprint density at radius 3 is 2.82 bits per heavy atom. The second-order valence-electron chi connectivity index (χ2n) is 3.90. The zero-order chi connectivity index (χ0) is 16.3. The molecular weight excluding hydrogens is 327 g/mol. The fourth-order valence-corrected chi connectivity index (χ4v) is 2.11. The number of hydrogen-bond acceptors (Lipinski definition) is 7. The third kappa shape index (κ3) is 3.62. The first-order valence-corrected chi connectivity index (χ1v) is 7.00. The van der Waals surface area contributed by atoms with Crippen molar-refractivity contribution < 1.29 is 22.7 Å². The van der Waals surface area contributed by atoms with Crippen molar-refractivity contribution in [3.05, 3.63) is 22.5 Å². The lowest BCUT2D eigenvalue weighted by Crippen LogP contribution is -2.32. The summed E-state index contributed by atoms with van der Waals surface area (Å²) < 4.78 is 40.8. The molecule has 0 aliphatic heterocycles. The maximum Gasteiger partial charge on any atom is 0.522 e. The van der Waals surface area contributed by atoms with Crippen LogP contribution in [0.25, 0.3) is 5.65 Å². The van der Waals surface area contributed by atoms with Gasteiger partial charge in [-0.15, -0.1) is 18.3 Å². The zero-order valence-corrected chi connectivity index (χ0v) is 12.0. The van der Waals surface area contributed by atoms with Crippen molar-refractivity contribution in [1.29, 1.82) is 0 Å². The van der Waals surface area contributed by atoms with Crippen molar-refractivity contribution in [3.63, 3.8) is 0 Å². The summed E-state index contributed by atoms with van der Waals surface area (Å²) in [5, 5.41) is 6.78. The minimum atomic E-state index is -4.78. The lowest BCUT2D eigenvalue weighted by Gasteiger charge is -2.07. The van der Waals surface area contributed by atoms with Gasteiger partial charge in [0.2, 0.25) is 5.12 Å². The van der Waals surface area contributed by atoms with E-state index in [9.17, 15) is 22.8 Å². The number of carbonyl (C=O) groups is 1. The van der Waals surface area contributed by atoms with Crippen LogP contribution in [0.15, 0.2) is 11.1 Å². The highest BCUT2D eigenvalue weighted by atomic mass is 32.2. The van der Waals surface area contributed by atoms with Gasteiger partial charge in [0.25, 0.3) is 0 Å². The van der Waals surface area contributed by atoms with Crippen LogP contribution in [0.5, 0.6) is 0 Å². The van der Waals surface area contributed by atoms with E-state index in [1.165, 1.54) is 0 Å². The second kappa shape index (κ2) is 6.44. The van der Waals surface area contributed by atoms with E-state index in [1.54, 1.807) is 6.92 Å². The number of aromatic nitrogens is 5. The summed E-state index contributed by atoms with van der Waals surface area (Å²) >= 11 is 0.994. The Labute approximate surface area is 125 Å². The summed E-state index contributed by atoms with van der Waals surface area (Å²) in [4.78, 5) is 27.6. The molecule has 0 radical (unpaired) electrons. The van der Waals surface area contributed by atoms with Crippen LogP contribution < -0.4 is 5.69 Å². The summed E-state index contributed by atoms with van der Waals surface area (Å²) in [5.41, 5.74) is -0.817. The van der Waals surface area contributed by atoms with Crippen LogP contribution in [0, 0.1) is 0 Å². The Balaban J connectivity index is 2.24. The molecule has 0 atom stereocenters. The fraction of sp³-hybridized carbons (Fsp3) is 0.500. The predicted molar refractivity (Wildman–Crippen MR) is 69.5 cm³/mol. The first-order chi connectivity index (χ1) is 10.3. The number of alkyl halides is 3. The van der Waals surface area contributed by atoms with Crippen LogP contribution in [0.2, 0.25) is 0 Å². The van der Waals surface area contributed by atoms with Gasteiger partial charge in [0.15, 0.2) is 11.3 Å². The molecule has 2 aromatic rings. The Bertz CT molecular complexity index is 741. The minimum absolute atomic E-state index is 0.0184. The molecule has 0 spiro atoms. The van der Waals surface area contributed by atoms with Crippen molar-refractivity contribution in [2.24, 2.45) is 0 Å². The van der Waals surface area contributed by atoms with Gasteiger partial charge in [0.05, 0.1) is 13.2 Å². The molecule has 2 heterocycles. The van der Waals surface area contributed by atoms with Crippen molar-refractivity contribution in [2.45, 2.75) is 19.8 Å². The van der Waals surface area contributed by atoms with Gasteiger partial charge in [0, 0.05) is 0 Å². The Kier molecular flexibility index (Phi) is 4.81. The number of ether oxygens (including phenoxy) is 1. The van der Waals surface area contributed by atoms with Crippen molar-refractivity contribution >= 4 is 22.5 Å². The lowest BCUT2D eigenvalue weighted by atomic mass is 10.5. The fourth-order valence-electron chi connectivity index (χ4n) is 1.57. The number of fused-ring (bicyclic) bond motifs is 1. The quantitative estimate of drug-likeness (QED) is 0.794. The number of thioether (sulfide) groups is 1. The van der Waals surface area contributed by atoms with Gasteiger partial charge in [-0.2, -0.15) is 4.68 Å². The molecule has 0 unspecified atom stereocenters. The molecule has 22 heavy (non-hydrogen) atoms. The van der Waals surface area contributed by atoms with E-state index >= 15 is 0 Å². The SMILES string of the molecule is CCSC(=O)c1ncn2c(=O)n(CCOC(F)(F)F)nnc12. The van der Waals surface area contributed by atoms with Crippen molar-refractivity contribution in [3.8, 4) is 0 Å². The molecule has 0 aliphatic rings. The number of nitrogens with zero attached hydrogens (tertiary/aromatic N) is 5. The first kappa shape index (κ1) is 16.4. The minimum Gasteiger partial charge on any atom is -0.290 e. The highest BCUT2D eigenvalue weighted by molar-refractivity contribution is 8.14. The molecule has 12 heteroatoms.